The van der Waals surface area contributed by atoms with Gasteiger partial charge in [0.05, 0.1) is 0 Å². The van der Waals surface area contributed by atoms with E-state index in [0.29, 0.717) is 5.56 Å². The Labute approximate surface area is 107 Å². The van der Waals surface area contributed by atoms with Crippen LogP contribution in [0.3, 0.4) is 0 Å². The molecule has 2 aromatic rings. The second kappa shape index (κ2) is 5.30. The largest absolute Gasteiger partial charge is 0.439 e. The molecule has 1 heterocycles. The zero-order valence-corrected chi connectivity index (χ0v) is 9.55. The number of pyridine rings is 1. The Bertz CT molecular complexity index is 615. The van der Waals surface area contributed by atoms with Gasteiger partial charge < -0.3 is 15.7 Å². The van der Waals surface area contributed by atoms with Gasteiger partial charge in [0.15, 0.2) is 17.5 Å². The minimum atomic E-state index is -1.01. The number of halogens is 2. The molecule has 5 nitrogen and oxygen atoms in total. The zero-order valence-electron chi connectivity index (χ0n) is 9.55. The Hall–Kier alpha value is -2.70. The molecule has 0 aliphatic heterocycles. The first-order valence-corrected chi connectivity index (χ1v) is 5.17. The van der Waals surface area contributed by atoms with E-state index in [4.69, 9.17) is 15.7 Å². The highest BCUT2D eigenvalue weighted by atomic mass is 19.2. The molecule has 0 bridgehead atoms. The lowest BCUT2D eigenvalue weighted by Crippen LogP contribution is -2.13. The number of nitrogens with zero attached hydrogens (tertiary/aromatic N) is 2. The monoisotopic (exact) mass is 265 g/mol. The van der Waals surface area contributed by atoms with Crippen LogP contribution in [0.5, 0.6) is 11.6 Å². The van der Waals surface area contributed by atoms with Gasteiger partial charge in [-0.3, -0.25) is 0 Å². The summed E-state index contributed by atoms with van der Waals surface area (Å²) in [5.41, 5.74) is 5.76. The summed E-state index contributed by atoms with van der Waals surface area (Å²) in [5.74, 6) is -1.77. The van der Waals surface area contributed by atoms with Gasteiger partial charge in [0.25, 0.3) is 0 Å². The molecule has 2 rings (SSSR count). The number of amidine groups is 1. The van der Waals surface area contributed by atoms with Gasteiger partial charge in [-0.25, -0.2) is 13.8 Å². The van der Waals surface area contributed by atoms with Crippen LogP contribution < -0.4 is 10.5 Å². The predicted octanol–water partition coefficient (Wildman–Crippen LogP) is 2.25. The number of benzene rings is 1. The number of hydrogen-bond donors (Lipinski definition) is 2. The van der Waals surface area contributed by atoms with Crippen LogP contribution in [0.15, 0.2) is 41.7 Å². The average molecular weight is 265 g/mol. The van der Waals surface area contributed by atoms with Crippen LogP contribution in [-0.2, 0) is 0 Å². The highest BCUT2D eigenvalue weighted by Crippen LogP contribution is 2.21. The first-order valence-electron chi connectivity index (χ1n) is 5.17. The van der Waals surface area contributed by atoms with E-state index in [2.05, 4.69) is 10.1 Å². The van der Waals surface area contributed by atoms with Crippen molar-refractivity contribution in [3.05, 3.63) is 53.7 Å². The number of oxime groups is 1. The molecule has 1 aromatic carbocycles. The first kappa shape index (κ1) is 12.7. The van der Waals surface area contributed by atoms with Gasteiger partial charge in [0.2, 0.25) is 5.88 Å². The summed E-state index contributed by atoms with van der Waals surface area (Å²) in [6.45, 7) is 0. The standard InChI is InChI=1S/C12H9F2N3O2/c13-9-3-2-8(5-10(9)14)19-11-4-1-7(6-16-11)12(15)17-18/h1-6,18H,(H2,15,17). The topological polar surface area (TPSA) is 80.7 Å². The molecule has 1 aromatic heterocycles. The summed E-state index contributed by atoms with van der Waals surface area (Å²) in [7, 11) is 0. The molecule has 3 N–H and O–H groups in total. The third-order valence-electron chi connectivity index (χ3n) is 2.25. The first-order chi connectivity index (χ1) is 9.10. The van der Waals surface area contributed by atoms with Crippen molar-refractivity contribution in [2.45, 2.75) is 0 Å². The maximum Gasteiger partial charge on any atom is 0.219 e. The zero-order chi connectivity index (χ0) is 13.8. The molecule has 0 saturated carbocycles. The molecular weight excluding hydrogens is 256 g/mol. The molecule has 0 aliphatic carbocycles. The van der Waals surface area contributed by atoms with Gasteiger partial charge in [0.1, 0.15) is 5.75 Å². The minimum Gasteiger partial charge on any atom is -0.439 e. The quantitative estimate of drug-likeness (QED) is 0.386. The van der Waals surface area contributed by atoms with Crippen molar-refractivity contribution in [3.8, 4) is 11.6 Å². The summed E-state index contributed by atoms with van der Waals surface area (Å²) in [5, 5.41) is 11.3. The number of nitrogens with two attached hydrogens (primary N) is 1. The van der Waals surface area contributed by atoms with E-state index in [-0.39, 0.29) is 17.5 Å². The second-order valence-electron chi connectivity index (χ2n) is 3.55. The van der Waals surface area contributed by atoms with Crippen LogP contribution >= 0.6 is 0 Å². The van der Waals surface area contributed by atoms with E-state index in [0.717, 1.165) is 12.1 Å². The van der Waals surface area contributed by atoms with Crippen molar-refractivity contribution >= 4 is 5.84 Å². The molecule has 0 unspecified atom stereocenters. The number of rotatable bonds is 3. The van der Waals surface area contributed by atoms with Crippen LogP contribution in [0, 0.1) is 11.6 Å². The van der Waals surface area contributed by atoms with Crippen LogP contribution in [0.4, 0.5) is 8.78 Å². The molecule has 0 aliphatic rings. The summed E-state index contributed by atoms with van der Waals surface area (Å²) in [4.78, 5) is 3.88. The van der Waals surface area contributed by atoms with Gasteiger partial charge in [-0.05, 0) is 18.2 Å². The van der Waals surface area contributed by atoms with E-state index in [1.165, 1.54) is 24.4 Å². The number of aromatic nitrogens is 1. The minimum absolute atomic E-state index is 0.0909. The molecule has 0 fully saturated rings. The smallest absolute Gasteiger partial charge is 0.219 e. The average Bonchev–Trinajstić information content (AvgIpc) is 2.43. The second-order valence-corrected chi connectivity index (χ2v) is 3.55. The molecule has 0 spiro atoms. The van der Waals surface area contributed by atoms with Gasteiger partial charge >= 0.3 is 0 Å². The maximum absolute atomic E-state index is 13.0. The van der Waals surface area contributed by atoms with Crippen LogP contribution in [0.2, 0.25) is 0 Å². The molecule has 0 atom stereocenters. The molecule has 98 valence electrons. The van der Waals surface area contributed by atoms with E-state index in [9.17, 15) is 8.78 Å². The third kappa shape index (κ3) is 2.95. The highest BCUT2D eigenvalue weighted by molar-refractivity contribution is 5.96. The lowest BCUT2D eigenvalue weighted by atomic mass is 10.2. The Morgan fingerprint density at radius 1 is 1.21 bits per heavy atom. The fourth-order valence-electron chi connectivity index (χ4n) is 1.31. The van der Waals surface area contributed by atoms with Gasteiger partial charge in [-0.1, -0.05) is 5.16 Å². The molecule has 19 heavy (non-hydrogen) atoms. The van der Waals surface area contributed by atoms with Crippen molar-refractivity contribution < 1.29 is 18.7 Å². The normalized spacial score (nSPS) is 11.4. The fraction of sp³-hybridized carbons (Fsp3) is 0. The van der Waals surface area contributed by atoms with Crippen molar-refractivity contribution in [2.75, 3.05) is 0 Å². The fourth-order valence-corrected chi connectivity index (χ4v) is 1.31. The van der Waals surface area contributed by atoms with Crippen molar-refractivity contribution in [2.24, 2.45) is 10.9 Å². The van der Waals surface area contributed by atoms with Crippen molar-refractivity contribution in [1.82, 2.24) is 4.98 Å². The lowest BCUT2D eigenvalue weighted by Gasteiger charge is -2.05. The van der Waals surface area contributed by atoms with Crippen LogP contribution in [-0.4, -0.2) is 16.0 Å². The number of ether oxygens (including phenoxy) is 1. The molecule has 0 amide bonds. The Morgan fingerprint density at radius 3 is 2.58 bits per heavy atom. The van der Waals surface area contributed by atoms with Crippen molar-refractivity contribution in [1.29, 1.82) is 0 Å². The third-order valence-corrected chi connectivity index (χ3v) is 2.25. The van der Waals surface area contributed by atoms with Crippen LogP contribution in [0.25, 0.3) is 0 Å². The lowest BCUT2D eigenvalue weighted by molar-refractivity contribution is 0.318. The SMILES string of the molecule is N/C(=N\O)c1ccc(Oc2ccc(F)c(F)c2)nc1. The Morgan fingerprint density at radius 2 is 2.00 bits per heavy atom. The summed E-state index contributed by atoms with van der Waals surface area (Å²) in [6, 6.07) is 6.10. The summed E-state index contributed by atoms with van der Waals surface area (Å²) >= 11 is 0. The molecular formula is C12H9F2N3O2. The molecule has 7 heteroatoms. The maximum atomic E-state index is 13.0. The Balaban J connectivity index is 2.17. The van der Waals surface area contributed by atoms with E-state index in [1.807, 2.05) is 0 Å². The Kier molecular flexibility index (Phi) is 3.56. The van der Waals surface area contributed by atoms with E-state index < -0.39 is 11.6 Å². The van der Waals surface area contributed by atoms with Crippen molar-refractivity contribution in [3.63, 3.8) is 0 Å². The summed E-state index contributed by atoms with van der Waals surface area (Å²) < 4.78 is 30.9. The predicted molar refractivity (Wildman–Crippen MR) is 63.2 cm³/mol. The van der Waals surface area contributed by atoms with E-state index >= 15 is 0 Å². The molecule has 0 saturated heterocycles. The number of hydrogen-bond acceptors (Lipinski definition) is 4. The van der Waals surface area contributed by atoms with E-state index in [1.54, 1.807) is 0 Å². The van der Waals surface area contributed by atoms with Gasteiger partial charge in [-0.15, -0.1) is 0 Å². The van der Waals surface area contributed by atoms with Crippen LogP contribution in [0.1, 0.15) is 5.56 Å². The molecule has 0 radical (unpaired) electrons. The highest BCUT2D eigenvalue weighted by Gasteiger charge is 2.06. The summed E-state index contributed by atoms with van der Waals surface area (Å²) in [6.07, 6.45) is 1.32. The van der Waals surface area contributed by atoms with Gasteiger partial charge in [-0.2, -0.15) is 0 Å². The van der Waals surface area contributed by atoms with Gasteiger partial charge in [0, 0.05) is 23.9 Å².